The van der Waals surface area contributed by atoms with E-state index in [9.17, 15) is 4.79 Å². The molecule has 0 aromatic carbocycles. The average molecular weight is 221 g/mol. The summed E-state index contributed by atoms with van der Waals surface area (Å²) in [7, 11) is 0. The Balaban J connectivity index is 2.93. The van der Waals surface area contributed by atoms with Gasteiger partial charge in [-0.1, -0.05) is 13.0 Å². The second-order valence-corrected chi connectivity index (χ2v) is 4.24. The number of carbonyl (C=O) groups excluding carboxylic acids is 1. The predicted octanol–water partition coefficient (Wildman–Crippen LogP) is 2.48. The van der Waals surface area contributed by atoms with Crippen LogP contribution in [0.5, 0.6) is 0 Å². The van der Waals surface area contributed by atoms with Gasteiger partial charge in [-0.25, -0.2) is 0 Å². The molecule has 1 aromatic rings. The molecule has 0 aliphatic carbocycles. The van der Waals surface area contributed by atoms with Crippen LogP contribution in [0.3, 0.4) is 0 Å². The predicted molar refractivity (Wildman–Crippen MR) is 63.3 cm³/mol. The fourth-order valence-electron chi connectivity index (χ4n) is 1.43. The zero-order valence-electron chi connectivity index (χ0n) is 10.4. The standard InChI is InChI=1S/C13H19NO2/c1-5-11-8-7-10(9-14-11)13(3,4)12(15)16-6-2/h7-9H,5-6H2,1-4H3. The van der Waals surface area contributed by atoms with Crippen molar-refractivity contribution < 1.29 is 9.53 Å². The van der Waals surface area contributed by atoms with Crippen LogP contribution >= 0.6 is 0 Å². The summed E-state index contributed by atoms with van der Waals surface area (Å²) in [6, 6.07) is 3.90. The van der Waals surface area contributed by atoms with Crippen LogP contribution in [0.4, 0.5) is 0 Å². The van der Waals surface area contributed by atoms with Crippen LogP contribution in [0.1, 0.15) is 39.0 Å². The highest BCUT2D eigenvalue weighted by Gasteiger charge is 2.31. The summed E-state index contributed by atoms with van der Waals surface area (Å²) in [5, 5.41) is 0. The van der Waals surface area contributed by atoms with Gasteiger partial charge in [0.1, 0.15) is 0 Å². The first-order chi connectivity index (χ1) is 7.52. The van der Waals surface area contributed by atoms with Gasteiger partial charge in [0.2, 0.25) is 0 Å². The number of ether oxygens (including phenoxy) is 1. The van der Waals surface area contributed by atoms with E-state index in [0.29, 0.717) is 6.61 Å². The smallest absolute Gasteiger partial charge is 0.316 e. The molecular formula is C13H19NO2. The molecule has 1 aromatic heterocycles. The van der Waals surface area contributed by atoms with E-state index < -0.39 is 5.41 Å². The molecule has 1 rings (SSSR count). The molecule has 0 unspecified atom stereocenters. The maximum Gasteiger partial charge on any atom is 0.316 e. The van der Waals surface area contributed by atoms with Crippen LogP contribution in [0, 0.1) is 0 Å². The van der Waals surface area contributed by atoms with Crippen molar-refractivity contribution in [3.8, 4) is 0 Å². The number of nitrogens with zero attached hydrogens (tertiary/aromatic N) is 1. The van der Waals surface area contributed by atoms with Gasteiger partial charge in [0.25, 0.3) is 0 Å². The highest BCUT2D eigenvalue weighted by atomic mass is 16.5. The lowest BCUT2D eigenvalue weighted by molar-refractivity contribution is -0.148. The molecule has 0 spiro atoms. The largest absolute Gasteiger partial charge is 0.465 e. The zero-order chi connectivity index (χ0) is 12.2. The maximum atomic E-state index is 11.8. The number of esters is 1. The summed E-state index contributed by atoms with van der Waals surface area (Å²) in [6.45, 7) is 7.98. The molecule has 0 atom stereocenters. The van der Waals surface area contributed by atoms with Gasteiger partial charge < -0.3 is 4.74 Å². The Bertz CT molecular complexity index is 355. The molecule has 0 bridgehead atoms. The van der Waals surface area contributed by atoms with Crippen LogP contribution in [0.2, 0.25) is 0 Å². The van der Waals surface area contributed by atoms with E-state index in [1.54, 1.807) is 6.20 Å². The van der Waals surface area contributed by atoms with Gasteiger partial charge in [0.05, 0.1) is 12.0 Å². The minimum absolute atomic E-state index is 0.207. The highest BCUT2D eigenvalue weighted by Crippen LogP contribution is 2.24. The molecule has 0 aliphatic heterocycles. The molecule has 0 saturated heterocycles. The zero-order valence-corrected chi connectivity index (χ0v) is 10.4. The molecule has 0 fully saturated rings. The van der Waals surface area contributed by atoms with E-state index in [1.807, 2.05) is 32.9 Å². The van der Waals surface area contributed by atoms with Gasteiger partial charge >= 0.3 is 5.97 Å². The third-order valence-electron chi connectivity index (χ3n) is 2.69. The highest BCUT2D eigenvalue weighted by molar-refractivity contribution is 5.82. The Morgan fingerprint density at radius 1 is 1.38 bits per heavy atom. The van der Waals surface area contributed by atoms with Crippen molar-refractivity contribution in [1.29, 1.82) is 0 Å². The van der Waals surface area contributed by atoms with Gasteiger partial charge in [0.15, 0.2) is 0 Å². The Kier molecular flexibility index (Phi) is 4.05. The van der Waals surface area contributed by atoms with E-state index in [1.165, 1.54) is 0 Å². The first-order valence-electron chi connectivity index (χ1n) is 5.65. The summed E-state index contributed by atoms with van der Waals surface area (Å²) in [5.41, 5.74) is 1.29. The minimum atomic E-state index is -0.630. The molecule has 1 heterocycles. The molecule has 0 aliphatic rings. The lowest BCUT2D eigenvalue weighted by Gasteiger charge is -2.22. The van der Waals surface area contributed by atoms with E-state index in [4.69, 9.17) is 4.74 Å². The monoisotopic (exact) mass is 221 g/mol. The Morgan fingerprint density at radius 2 is 2.06 bits per heavy atom. The number of pyridine rings is 1. The summed E-state index contributed by atoms with van der Waals surface area (Å²) in [5.74, 6) is -0.207. The number of aromatic nitrogens is 1. The summed E-state index contributed by atoms with van der Waals surface area (Å²) in [6.07, 6.45) is 2.66. The van der Waals surface area contributed by atoms with Gasteiger partial charge in [0, 0.05) is 11.9 Å². The number of carbonyl (C=O) groups is 1. The first kappa shape index (κ1) is 12.7. The fourth-order valence-corrected chi connectivity index (χ4v) is 1.43. The Labute approximate surface area is 96.8 Å². The van der Waals surface area contributed by atoms with Crippen molar-refractivity contribution in [3.63, 3.8) is 0 Å². The number of hydrogen-bond donors (Lipinski definition) is 0. The molecule has 88 valence electrons. The molecule has 16 heavy (non-hydrogen) atoms. The lowest BCUT2D eigenvalue weighted by atomic mass is 9.86. The summed E-state index contributed by atoms with van der Waals surface area (Å²) >= 11 is 0. The third-order valence-corrected chi connectivity index (χ3v) is 2.69. The van der Waals surface area contributed by atoms with Crippen molar-refractivity contribution in [1.82, 2.24) is 4.98 Å². The molecular weight excluding hydrogens is 202 g/mol. The van der Waals surface area contributed by atoms with Gasteiger partial charge in [-0.2, -0.15) is 0 Å². The van der Waals surface area contributed by atoms with Crippen LogP contribution in [0.15, 0.2) is 18.3 Å². The minimum Gasteiger partial charge on any atom is -0.465 e. The van der Waals surface area contributed by atoms with Crippen LogP contribution in [-0.2, 0) is 21.4 Å². The Hall–Kier alpha value is -1.38. The van der Waals surface area contributed by atoms with E-state index in [-0.39, 0.29) is 5.97 Å². The lowest BCUT2D eigenvalue weighted by Crippen LogP contribution is -2.31. The third kappa shape index (κ3) is 2.60. The van der Waals surface area contributed by atoms with Crippen molar-refractivity contribution >= 4 is 5.97 Å². The normalized spacial score (nSPS) is 11.2. The first-order valence-corrected chi connectivity index (χ1v) is 5.65. The molecule has 3 nitrogen and oxygen atoms in total. The second-order valence-electron chi connectivity index (χ2n) is 4.24. The van der Waals surface area contributed by atoms with Gasteiger partial charge in [-0.15, -0.1) is 0 Å². The molecule has 0 N–H and O–H groups in total. The second kappa shape index (κ2) is 5.10. The van der Waals surface area contributed by atoms with Crippen LogP contribution in [-0.4, -0.2) is 17.6 Å². The van der Waals surface area contributed by atoms with Crippen LogP contribution in [0.25, 0.3) is 0 Å². The molecule has 0 radical (unpaired) electrons. The molecule has 0 saturated carbocycles. The summed E-state index contributed by atoms with van der Waals surface area (Å²) in [4.78, 5) is 16.1. The number of rotatable bonds is 4. The SMILES string of the molecule is CCOC(=O)C(C)(C)c1ccc(CC)nc1. The average Bonchev–Trinajstić information content (AvgIpc) is 2.29. The number of aryl methyl sites for hydroxylation is 1. The number of hydrogen-bond acceptors (Lipinski definition) is 3. The van der Waals surface area contributed by atoms with Crippen molar-refractivity contribution in [2.75, 3.05) is 6.61 Å². The topological polar surface area (TPSA) is 39.2 Å². The Morgan fingerprint density at radius 3 is 2.50 bits per heavy atom. The summed E-state index contributed by atoms with van der Waals surface area (Å²) < 4.78 is 5.05. The maximum absolute atomic E-state index is 11.8. The van der Waals surface area contributed by atoms with Crippen molar-refractivity contribution in [2.24, 2.45) is 0 Å². The van der Waals surface area contributed by atoms with E-state index in [0.717, 1.165) is 17.7 Å². The fraction of sp³-hybridized carbons (Fsp3) is 0.538. The molecule has 0 amide bonds. The quantitative estimate of drug-likeness (QED) is 0.733. The van der Waals surface area contributed by atoms with Gasteiger partial charge in [-0.3, -0.25) is 9.78 Å². The van der Waals surface area contributed by atoms with Gasteiger partial charge in [-0.05, 0) is 38.8 Å². The van der Waals surface area contributed by atoms with Crippen LogP contribution < -0.4 is 0 Å². The van der Waals surface area contributed by atoms with E-state index in [2.05, 4.69) is 11.9 Å². The van der Waals surface area contributed by atoms with E-state index >= 15 is 0 Å². The van der Waals surface area contributed by atoms with Crippen molar-refractivity contribution in [2.45, 2.75) is 39.5 Å². The van der Waals surface area contributed by atoms with Crippen molar-refractivity contribution in [3.05, 3.63) is 29.6 Å². The molecule has 3 heteroatoms.